The summed E-state index contributed by atoms with van der Waals surface area (Å²) in [6.07, 6.45) is 2.35. The van der Waals surface area contributed by atoms with Gasteiger partial charge in [-0.2, -0.15) is 0 Å². The van der Waals surface area contributed by atoms with Gasteiger partial charge in [-0.05, 0) is 0 Å². The lowest BCUT2D eigenvalue weighted by molar-refractivity contribution is -0.124. The second-order valence-electron chi connectivity index (χ2n) is 3.57. The summed E-state index contributed by atoms with van der Waals surface area (Å²) in [5, 5.41) is 0. The highest BCUT2D eigenvalue weighted by atomic mass is 16.1. The first-order valence-electron chi connectivity index (χ1n) is 4.51. The Kier molecular flexibility index (Phi) is 3.60. The monoisotopic (exact) mass is 210 g/mol. The molecule has 1 fully saturated rings. The van der Waals surface area contributed by atoms with Gasteiger partial charge in [0.05, 0.1) is 0 Å². The van der Waals surface area contributed by atoms with Crippen molar-refractivity contribution in [1.29, 1.82) is 0 Å². The van der Waals surface area contributed by atoms with E-state index in [-0.39, 0.29) is 0 Å². The van der Waals surface area contributed by atoms with Crippen molar-refractivity contribution in [2.45, 2.75) is 0 Å². The highest BCUT2D eigenvalue weighted by molar-refractivity contribution is 5.82. The number of hydrogen-bond acceptors (Lipinski definition) is 5. The molecule has 0 N–H and O–H groups in total. The fourth-order valence-corrected chi connectivity index (χ4v) is 2.19. The van der Waals surface area contributed by atoms with Crippen LogP contribution in [0.25, 0.3) is 0 Å². The minimum atomic E-state index is -0.856. The maximum absolute atomic E-state index is 10.7. The van der Waals surface area contributed by atoms with Gasteiger partial charge in [0.15, 0.2) is 0 Å². The summed E-state index contributed by atoms with van der Waals surface area (Å²) >= 11 is 0. The van der Waals surface area contributed by atoms with Crippen LogP contribution in [-0.4, -0.2) is 31.4 Å². The summed E-state index contributed by atoms with van der Waals surface area (Å²) in [6, 6.07) is 0. The van der Waals surface area contributed by atoms with E-state index in [2.05, 4.69) is 0 Å². The van der Waals surface area contributed by atoms with Crippen LogP contribution < -0.4 is 0 Å². The molecule has 15 heavy (non-hydrogen) atoms. The third-order valence-corrected chi connectivity index (χ3v) is 3.01. The zero-order valence-corrected chi connectivity index (χ0v) is 7.81. The average Bonchev–Trinajstić information content (AvgIpc) is 2.59. The Bertz CT molecular complexity index is 219. The van der Waals surface area contributed by atoms with Gasteiger partial charge in [-0.1, -0.05) is 0 Å². The van der Waals surface area contributed by atoms with E-state index in [1.54, 1.807) is 0 Å². The summed E-state index contributed by atoms with van der Waals surface area (Å²) in [5.41, 5.74) is 0. The molecule has 0 aromatic carbocycles. The predicted molar refractivity (Wildman–Crippen MR) is 47.8 cm³/mol. The van der Waals surface area contributed by atoms with Gasteiger partial charge in [-0.3, -0.25) is 0 Å². The number of carbonyl (C=O) groups is 5. The van der Waals surface area contributed by atoms with Crippen molar-refractivity contribution in [3.05, 3.63) is 0 Å². The largest absolute Gasteiger partial charge is 0.303 e. The van der Waals surface area contributed by atoms with Crippen molar-refractivity contribution >= 4 is 31.4 Å². The van der Waals surface area contributed by atoms with Gasteiger partial charge >= 0.3 is 0 Å². The summed E-state index contributed by atoms with van der Waals surface area (Å²) in [6.45, 7) is 0. The quantitative estimate of drug-likeness (QED) is 0.547. The molecule has 0 aromatic heterocycles. The van der Waals surface area contributed by atoms with Gasteiger partial charge < -0.3 is 24.0 Å². The Hall–Kier alpha value is -1.65. The van der Waals surface area contributed by atoms with Crippen molar-refractivity contribution in [2.24, 2.45) is 29.6 Å². The number of aldehydes is 5. The molecule has 0 radical (unpaired) electrons. The van der Waals surface area contributed by atoms with Crippen LogP contribution in [0.5, 0.6) is 0 Å². The van der Waals surface area contributed by atoms with E-state index in [9.17, 15) is 24.0 Å². The van der Waals surface area contributed by atoms with E-state index in [0.717, 1.165) is 0 Å². The fourth-order valence-electron chi connectivity index (χ4n) is 2.19. The molecular weight excluding hydrogens is 200 g/mol. The molecule has 0 heterocycles. The SMILES string of the molecule is O=CC1C(C=O)C(C=O)C(C=O)C1C=O. The second kappa shape index (κ2) is 4.72. The predicted octanol–water partition coefficient (Wildman–Crippen LogP) is -0.925. The normalized spacial score (nSPS) is 39.3. The van der Waals surface area contributed by atoms with Gasteiger partial charge in [0, 0.05) is 29.6 Å². The highest BCUT2D eigenvalue weighted by Crippen LogP contribution is 2.41. The smallest absolute Gasteiger partial charge is 0.124 e. The van der Waals surface area contributed by atoms with Crippen molar-refractivity contribution in [1.82, 2.24) is 0 Å². The molecular formula is C10H10O5. The molecule has 1 aliphatic rings. The summed E-state index contributed by atoms with van der Waals surface area (Å²) in [5.74, 6) is -4.28. The summed E-state index contributed by atoms with van der Waals surface area (Å²) in [7, 11) is 0. The Labute approximate surface area is 85.8 Å². The molecule has 5 nitrogen and oxygen atoms in total. The van der Waals surface area contributed by atoms with Gasteiger partial charge in [0.25, 0.3) is 0 Å². The molecule has 0 spiro atoms. The van der Waals surface area contributed by atoms with Crippen molar-refractivity contribution in [3.8, 4) is 0 Å². The average molecular weight is 210 g/mol. The van der Waals surface area contributed by atoms with Gasteiger partial charge in [0.2, 0.25) is 0 Å². The minimum Gasteiger partial charge on any atom is -0.303 e. The zero-order chi connectivity index (χ0) is 11.4. The molecule has 5 heteroatoms. The molecule has 1 aliphatic carbocycles. The third kappa shape index (κ3) is 1.65. The van der Waals surface area contributed by atoms with Crippen LogP contribution in [0.15, 0.2) is 0 Å². The molecule has 0 bridgehead atoms. The van der Waals surface area contributed by atoms with Gasteiger partial charge in [0.1, 0.15) is 31.4 Å². The Morgan fingerprint density at radius 2 is 0.533 bits per heavy atom. The summed E-state index contributed by atoms with van der Waals surface area (Å²) < 4.78 is 0. The standard InChI is InChI=1S/C10H10O5/c11-1-6-7(2-12)9(4-14)10(5-15)8(6)3-13/h1-10H. The van der Waals surface area contributed by atoms with Crippen LogP contribution in [0.4, 0.5) is 0 Å². The molecule has 0 aliphatic heterocycles. The van der Waals surface area contributed by atoms with Crippen LogP contribution >= 0.6 is 0 Å². The third-order valence-electron chi connectivity index (χ3n) is 3.01. The molecule has 0 amide bonds. The first-order valence-corrected chi connectivity index (χ1v) is 4.51. The summed E-state index contributed by atoms with van der Waals surface area (Å²) in [4.78, 5) is 53.6. The second-order valence-corrected chi connectivity index (χ2v) is 3.57. The molecule has 0 unspecified atom stereocenters. The molecule has 1 saturated carbocycles. The van der Waals surface area contributed by atoms with Gasteiger partial charge in [-0.25, -0.2) is 0 Å². The van der Waals surface area contributed by atoms with Crippen molar-refractivity contribution < 1.29 is 24.0 Å². The van der Waals surface area contributed by atoms with Crippen LogP contribution in [0.2, 0.25) is 0 Å². The number of hydrogen-bond donors (Lipinski definition) is 0. The number of rotatable bonds is 5. The van der Waals surface area contributed by atoms with E-state index in [1.807, 2.05) is 0 Å². The Morgan fingerprint density at radius 1 is 0.400 bits per heavy atom. The van der Waals surface area contributed by atoms with Crippen molar-refractivity contribution in [2.75, 3.05) is 0 Å². The minimum absolute atomic E-state index is 0.470. The Morgan fingerprint density at radius 3 is 0.600 bits per heavy atom. The van der Waals surface area contributed by atoms with Crippen LogP contribution in [-0.2, 0) is 24.0 Å². The number of carbonyl (C=O) groups excluding carboxylic acids is 5. The fraction of sp³-hybridized carbons (Fsp3) is 0.500. The highest BCUT2D eigenvalue weighted by Gasteiger charge is 2.50. The van der Waals surface area contributed by atoms with Gasteiger partial charge in [-0.15, -0.1) is 0 Å². The van der Waals surface area contributed by atoms with E-state index in [4.69, 9.17) is 0 Å². The topological polar surface area (TPSA) is 85.3 Å². The maximum atomic E-state index is 10.7. The maximum Gasteiger partial charge on any atom is 0.124 e. The Balaban J connectivity index is 3.12. The zero-order valence-electron chi connectivity index (χ0n) is 7.81. The first kappa shape index (κ1) is 11.4. The molecule has 0 saturated heterocycles. The lowest BCUT2D eigenvalue weighted by Crippen LogP contribution is -2.21. The molecule has 0 atom stereocenters. The van der Waals surface area contributed by atoms with Crippen molar-refractivity contribution in [3.63, 3.8) is 0 Å². The van der Waals surface area contributed by atoms with Crippen LogP contribution in [0.1, 0.15) is 0 Å². The lowest BCUT2D eigenvalue weighted by atomic mass is 9.90. The molecule has 0 aromatic rings. The molecule has 1 rings (SSSR count). The lowest BCUT2D eigenvalue weighted by Gasteiger charge is -2.10. The van der Waals surface area contributed by atoms with Crippen LogP contribution in [0.3, 0.4) is 0 Å². The van der Waals surface area contributed by atoms with Crippen LogP contribution in [0, 0.1) is 29.6 Å². The first-order chi connectivity index (χ1) is 7.24. The van der Waals surface area contributed by atoms with E-state index < -0.39 is 29.6 Å². The van der Waals surface area contributed by atoms with E-state index in [0.29, 0.717) is 31.4 Å². The molecule has 80 valence electrons. The van der Waals surface area contributed by atoms with E-state index in [1.165, 1.54) is 0 Å². The van der Waals surface area contributed by atoms with E-state index >= 15 is 0 Å².